The first-order valence-corrected chi connectivity index (χ1v) is 8.54. The Hall–Kier alpha value is -0.830. The van der Waals surface area contributed by atoms with Gasteiger partial charge in [-0.3, -0.25) is 0 Å². The molecule has 2 aromatic rings. The fourth-order valence-corrected chi connectivity index (χ4v) is 3.09. The Morgan fingerprint density at radius 1 is 1.05 bits per heavy atom. The van der Waals surface area contributed by atoms with Gasteiger partial charge in [0.25, 0.3) is 0 Å². The summed E-state index contributed by atoms with van der Waals surface area (Å²) < 4.78 is 1.15. The van der Waals surface area contributed by atoms with E-state index in [-0.39, 0.29) is 0 Å². The average Bonchev–Trinajstić information content (AvgIpc) is 2.47. The van der Waals surface area contributed by atoms with Gasteiger partial charge >= 0.3 is 0 Å². The van der Waals surface area contributed by atoms with E-state index in [9.17, 15) is 0 Å². The lowest BCUT2D eigenvalue weighted by Crippen LogP contribution is -2.25. The van der Waals surface area contributed by atoms with Crippen LogP contribution < -0.4 is 5.32 Å². The predicted molar refractivity (Wildman–Crippen MR) is 95.0 cm³/mol. The predicted octanol–water partition coefficient (Wildman–Crippen LogP) is 5.11. The molecule has 0 aliphatic heterocycles. The number of halogens is 2. The molecule has 1 atom stereocenters. The first-order valence-electron chi connectivity index (χ1n) is 7.37. The van der Waals surface area contributed by atoms with Gasteiger partial charge in [-0.05, 0) is 67.2 Å². The van der Waals surface area contributed by atoms with Crippen molar-refractivity contribution >= 4 is 27.5 Å². The third kappa shape index (κ3) is 5.82. The molecule has 1 N–H and O–H groups in total. The fourth-order valence-electron chi connectivity index (χ4n) is 2.52. The smallest absolute Gasteiger partial charge is 0.0406 e. The van der Waals surface area contributed by atoms with Crippen LogP contribution in [0.15, 0.2) is 53.0 Å². The molecule has 0 aromatic heterocycles. The molecule has 3 heteroatoms. The monoisotopic (exact) mass is 365 g/mol. The average molecular weight is 367 g/mol. The molecule has 21 heavy (non-hydrogen) atoms. The maximum atomic E-state index is 5.96. The molecule has 0 saturated carbocycles. The van der Waals surface area contributed by atoms with Crippen LogP contribution in [-0.2, 0) is 12.8 Å². The van der Waals surface area contributed by atoms with Crippen LogP contribution >= 0.6 is 27.5 Å². The minimum absolute atomic E-state index is 0.584. The van der Waals surface area contributed by atoms with Crippen LogP contribution in [0.25, 0.3) is 0 Å². The molecule has 0 amide bonds. The number of nitrogens with one attached hydrogen (secondary N) is 1. The Bertz CT molecular complexity index is 553. The van der Waals surface area contributed by atoms with Gasteiger partial charge in [-0.15, -0.1) is 0 Å². The summed E-state index contributed by atoms with van der Waals surface area (Å²) in [6.45, 7) is 4.19. The molecule has 2 aromatic carbocycles. The van der Waals surface area contributed by atoms with Gasteiger partial charge in [0, 0.05) is 9.50 Å². The van der Waals surface area contributed by atoms with E-state index < -0.39 is 0 Å². The maximum Gasteiger partial charge on any atom is 0.0406 e. The van der Waals surface area contributed by atoms with Gasteiger partial charge in [0.1, 0.15) is 0 Å². The van der Waals surface area contributed by atoms with E-state index in [1.165, 1.54) is 11.1 Å². The summed E-state index contributed by atoms with van der Waals surface area (Å²) in [5.41, 5.74) is 2.72. The molecular formula is C18H21BrClN. The zero-order chi connectivity index (χ0) is 15.1. The third-order valence-electron chi connectivity index (χ3n) is 3.53. The Morgan fingerprint density at radius 3 is 2.43 bits per heavy atom. The van der Waals surface area contributed by atoms with Crippen LogP contribution in [0.1, 0.15) is 18.1 Å². The number of benzene rings is 2. The largest absolute Gasteiger partial charge is 0.317 e. The van der Waals surface area contributed by atoms with E-state index in [0.29, 0.717) is 5.92 Å². The van der Waals surface area contributed by atoms with Crippen molar-refractivity contribution in [1.82, 2.24) is 5.32 Å². The Kier molecular flexibility index (Phi) is 6.75. The minimum atomic E-state index is 0.584. The van der Waals surface area contributed by atoms with Gasteiger partial charge in [-0.1, -0.05) is 58.7 Å². The van der Waals surface area contributed by atoms with E-state index >= 15 is 0 Å². The summed E-state index contributed by atoms with van der Waals surface area (Å²) in [4.78, 5) is 0. The summed E-state index contributed by atoms with van der Waals surface area (Å²) in [5, 5.41) is 4.28. The van der Waals surface area contributed by atoms with Crippen LogP contribution in [0.4, 0.5) is 0 Å². The van der Waals surface area contributed by atoms with Crippen LogP contribution in [0.5, 0.6) is 0 Å². The second-order valence-corrected chi connectivity index (χ2v) is 6.69. The second kappa shape index (κ2) is 8.57. The van der Waals surface area contributed by atoms with E-state index in [1.807, 2.05) is 12.1 Å². The van der Waals surface area contributed by atoms with Crippen LogP contribution in [0, 0.1) is 5.92 Å². The van der Waals surface area contributed by atoms with Crippen molar-refractivity contribution < 1.29 is 0 Å². The van der Waals surface area contributed by atoms with Crippen molar-refractivity contribution in [2.45, 2.75) is 19.8 Å². The summed E-state index contributed by atoms with van der Waals surface area (Å²) in [6.07, 6.45) is 2.14. The maximum absolute atomic E-state index is 5.96. The summed E-state index contributed by atoms with van der Waals surface area (Å²) in [5.74, 6) is 0.584. The molecule has 0 aliphatic rings. The summed E-state index contributed by atoms with van der Waals surface area (Å²) in [7, 11) is 0. The zero-order valence-corrected chi connectivity index (χ0v) is 14.6. The highest BCUT2D eigenvalue weighted by Gasteiger charge is 2.11. The Labute approximate surface area is 140 Å². The summed E-state index contributed by atoms with van der Waals surface area (Å²) in [6, 6.07) is 16.8. The number of rotatable bonds is 7. The van der Waals surface area contributed by atoms with E-state index in [4.69, 9.17) is 11.6 Å². The zero-order valence-electron chi connectivity index (χ0n) is 12.3. The molecule has 0 saturated heterocycles. The van der Waals surface area contributed by atoms with Gasteiger partial charge < -0.3 is 5.32 Å². The van der Waals surface area contributed by atoms with E-state index in [2.05, 4.69) is 64.6 Å². The Morgan fingerprint density at radius 2 is 1.76 bits per heavy atom. The van der Waals surface area contributed by atoms with E-state index in [1.54, 1.807) is 0 Å². The lowest BCUT2D eigenvalue weighted by atomic mass is 9.92. The molecule has 2 rings (SSSR count). The lowest BCUT2D eigenvalue weighted by molar-refractivity contribution is 0.478. The molecule has 112 valence electrons. The molecule has 0 fully saturated rings. The first kappa shape index (κ1) is 16.5. The van der Waals surface area contributed by atoms with Crippen molar-refractivity contribution in [3.63, 3.8) is 0 Å². The van der Waals surface area contributed by atoms with Crippen LogP contribution in [0.3, 0.4) is 0 Å². The highest BCUT2D eigenvalue weighted by atomic mass is 79.9. The van der Waals surface area contributed by atoms with Crippen molar-refractivity contribution in [3.05, 3.63) is 69.2 Å². The second-order valence-electron chi connectivity index (χ2n) is 5.34. The van der Waals surface area contributed by atoms with Crippen LogP contribution in [0.2, 0.25) is 5.02 Å². The van der Waals surface area contributed by atoms with Crippen molar-refractivity contribution in [1.29, 1.82) is 0 Å². The van der Waals surface area contributed by atoms with E-state index in [0.717, 1.165) is 35.4 Å². The SMILES string of the molecule is CCNCC(Cc1ccc(Cl)cc1)Cc1cccc(Br)c1. The molecule has 0 radical (unpaired) electrons. The normalized spacial score (nSPS) is 12.3. The fraction of sp³-hybridized carbons (Fsp3) is 0.333. The topological polar surface area (TPSA) is 12.0 Å². The van der Waals surface area contributed by atoms with Gasteiger partial charge in [-0.2, -0.15) is 0 Å². The van der Waals surface area contributed by atoms with Crippen molar-refractivity contribution in [2.75, 3.05) is 13.1 Å². The van der Waals surface area contributed by atoms with Crippen molar-refractivity contribution in [2.24, 2.45) is 5.92 Å². The molecule has 1 unspecified atom stereocenters. The molecule has 1 nitrogen and oxygen atoms in total. The third-order valence-corrected chi connectivity index (χ3v) is 4.28. The molecule has 0 spiro atoms. The first-order chi connectivity index (χ1) is 10.2. The van der Waals surface area contributed by atoms with Gasteiger partial charge in [0.05, 0.1) is 0 Å². The Balaban J connectivity index is 2.04. The minimum Gasteiger partial charge on any atom is -0.317 e. The standard InChI is InChI=1S/C18H21BrClN/c1-2-21-13-16(10-14-6-8-18(20)9-7-14)11-15-4-3-5-17(19)12-15/h3-9,12,16,21H,2,10-11,13H2,1H3. The quantitative estimate of drug-likeness (QED) is 0.717. The molecule has 0 aliphatic carbocycles. The number of hydrogen-bond acceptors (Lipinski definition) is 1. The molecule has 0 heterocycles. The van der Waals surface area contributed by atoms with Gasteiger partial charge in [0.2, 0.25) is 0 Å². The summed E-state index contributed by atoms with van der Waals surface area (Å²) >= 11 is 9.51. The van der Waals surface area contributed by atoms with Gasteiger partial charge in [0.15, 0.2) is 0 Å². The molecular weight excluding hydrogens is 346 g/mol. The van der Waals surface area contributed by atoms with Gasteiger partial charge in [-0.25, -0.2) is 0 Å². The highest BCUT2D eigenvalue weighted by molar-refractivity contribution is 9.10. The lowest BCUT2D eigenvalue weighted by Gasteiger charge is -2.18. The highest BCUT2D eigenvalue weighted by Crippen LogP contribution is 2.19. The van der Waals surface area contributed by atoms with Crippen LogP contribution in [-0.4, -0.2) is 13.1 Å². The van der Waals surface area contributed by atoms with Crippen molar-refractivity contribution in [3.8, 4) is 0 Å². The number of hydrogen-bond donors (Lipinski definition) is 1. The molecule has 0 bridgehead atoms.